The Balaban J connectivity index is 2.41. The summed E-state index contributed by atoms with van der Waals surface area (Å²) in [5.41, 5.74) is 5.72. The number of nitrogens with one attached hydrogen (secondary N) is 2. The Morgan fingerprint density at radius 3 is 2.64 bits per heavy atom. The molecule has 6 nitrogen and oxygen atoms in total. The minimum Gasteiger partial charge on any atom is -0.353 e. The first kappa shape index (κ1) is 19.4. The van der Waals surface area contributed by atoms with Gasteiger partial charge in [-0.2, -0.15) is 11.8 Å². The quantitative estimate of drug-likeness (QED) is 0.563. The van der Waals surface area contributed by atoms with Crippen LogP contribution in [0.3, 0.4) is 0 Å². The van der Waals surface area contributed by atoms with E-state index in [2.05, 4.69) is 10.0 Å². The molecule has 1 aromatic rings. The third kappa shape index (κ3) is 5.88. The number of carbonyl (C=O) groups excluding carboxylic acids is 1. The molecule has 0 aliphatic carbocycles. The van der Waals surface area contributed by atoms with Crippen molar-refractivity contribution in [3.63, 3.8) is 0 Å². The van der Waals surface area contributed by atoms with Crippen LogP contribution in [0.25, 0.3) is 0 Å². The van der Waals surface area contributed by atoms with Crippen LogP contribution in [0.15, 0.2) is 11.0 Å². The van der Waals surface area contributed by atoms with E-state index >= 15 is 0 Å². The van der Waals surface area contributed by atoms with Gasteiger partial charge in [-0.3, -0.25) is 4.79 Å². The van der Waals surface area contributed by atoms with Crippen LogP contribution < -0.4 is 15.8 Å². The zero-order valence-electron chi connectivity index (χ0n) is 13.0. The molecule has 0 radical (unpaired) electrons. The highest BCUT2D eigenvalue weighted by Gasteiger charge is 2.19. The molecule has 0 saturated heterocycles. The summed E-state index contributed by atoms with van der Waals surface area (Å²) >= 11 is 3.07. The van der Waals surface area contributed by atoms with E-state index in [1.165, 1.54) is 11.3 Å². The molecule has 1 heterocycles. The van der Waals surface area contributed by atoms with Gasteiger partial charge in [0.2, 0.25) is 15.9 Å². The Hall–Kier alpha value is -0.610. The first-order valence-electron chi connectivity index (χ1n) is 6.87. The molecule has 126 valence electrons. The average Bonchev–Trinajstić information content (AvgIpc) is 2.80. The molecule has 9 heteroatoms. The van der Waals surface area contributed by atoms with Crippen LogP contribution in [0.4, 0.5) is 0 Å². The molecule has 0 aliphatic heterocycles. The number of nitrogens with two attached hydrogens (primary N) is 1. The first-order chi connectivity index (χ1) is 10.3. The maximum Gasteiger partial charge on any atom is 0.241 e. The van der Waals surface area contributed by atoms with Crippen molar-refractivity contribution in [2.75, 3.05) is 25.1 Å². The molecule has 1 amide bonds. The van der Waals surface area contributed by atoms with Gasteiger partial charge in [-0.25, -0.2) is 13.1 Å². The molecular weight excluding hydrogens is 342 g/mol. The highest BCUT2D eigenvalue weighted by molar-refractivity contribution is 7.98. The van der Waals surface area contributed by atoms with E-state index in [0.29, 0.717) is 11.3 Å². The topological polar surface area (TPSA) is 101 Å². The maximum absolute atomic E-state index is 12.1. The number of amides is 1. The van der Waals surface area contributed by atoms with E-state index in [1.807, 2.05) is 13.2 Å². The summed E-state index contributed by atoms with van der Waals surface area (Å²) in [6.45, 7) is 4.00. The summed E-state index contributed by atoms with van der Waals surface area (Å²) < 4.78 is 26.8. The third-order valence-electron chi connectivity index (χ3n) is 2.97. The van der Waals surface area contributed by atoms with Gasteiger partial charge in [0.1, 0.15) is 0 Å². The van der Waals surface area contributed by atoms with Gasteiger partial charge in [0.25, 0.3) is 0 Å². The Labute approximate surface area is 140 Å². The fourth-order valence-electron chi connectivity index (χ4n) is 1.83. The standard InChI is InChI=1S/C13H23N3O3S3/c1-9-8-12(10(2)21-9)22(18,19)16-6-5-15-13(17)11(14)4-7-20-3/h8,11,16H,4-7,14H2,1-3H3,(H,15,17). The summed E-state index contributed by atoms with van der Waals surface area (Å²) in [5.74, 6) is 0.564. The number of sulfonamides is 1. The average molecular weight is 366 g/mol. The van der Waals surface area contributed by atoms with E-state index in [1.54, 1.807) is 24.8 Å². The number of rotatable bonds is 9. The molecule has 0 saturated carbocycles. The fraction of sp³-hybridized carbons (Fsp3) is 0.615. The molecule has 0 bridgehead atoms. The van der Waals surface area contributed by atoms with Gasteiger partial charge in [-0.05, 0) is 38.3 Å². The molecule has 1 unspecified atom stereocenters. The lowest BCUT2D eigenvalue weighted by molar-refractivity contribution is -0.122. The second-order valence-corrected chi connectivity index (χ2v) is 9.04. The van der Waals surface area contributed by atoms with Gasteiger partial charge < -0.3 is 11.1 Å². The Morgan fingerprint density at radius 1 is 1.41 bits per heavy atom. The summed E-state index contributed by atoms with van der Waals surface area (Å²) in [6, 6.07) is 1.10. The van der Waals surface area contributed by atoms with E-state index < -0.39 is 16.1 Å². The van der Waals surface area contributed by atoms with Gasteiger partial charge in [-0.1, -0.05) is 0 Å². The first-order valence-corrected chi connectivity index (χ1v) is 10.6. The van der Waals surface area contributed by atoms with Crippen LogP contribution >= 0.6 is 23.1 Å². The lowest BCUT2D eigenvalue weighted by Crippen LogP contribution is -2.43. The largest absolute Gasteiger partial charge is 0.353 e. The van der Waals surface area contributed by atoms with Crippen molar-refractivity contribution in [1.29, 1.82) is 0 Å². The molecule has 0 aliphatic rings. The predicted molar refractivity (Wildman–Crippen MR) is 93.0 cm³/mol. The molecule has 1 atom stereocenters. The van der Waals surface area contributed by atoms with E-state index in [4.69, 9.17) is 5.73 Å². The number of aryl methyl sites for hydroxylation is 2. The lowest BCUT2D eigenvalue weighted by atomic mass is 10.2. The van der Waals surface area contributed by atoms with Gasteiger partial charge >= 0.3 is 0 Å². The molecule has 22 heavy (non-hydrogen) atoms. The van der Waals surface area contributed by atoms with Crippen LogP contribution in [0.2, 0.25) is 0 Å². The zero-order valence-corrected chi connectivity index (χ0v) is 15.5. The molecule has 1 aromatic heterocycles. The normalized spacial score (nSPS) is 13.1. The van der Waals surface area contributed by atoms with Gasteiger partial charge in [-0.15, -0.1) is 11.3 Å². The van der Waals surface area contributed by atoms with Crippen molar-refractivity contribution in [3.05, 3.63) is 15.8 Å². The van der Waals surface area contributed by atoms with Gasteiger partial charge in [0.15, 0.2) is 0 Å². The number of hydrogen-bond acceptors (Lipinski definition) is 6. The van der Waals surface area contributed by atoms with Crippen molar-refractivity contribution in [2.45, 2.75) is 31.2 Å². The monoisotopic (exact) mass is 365 g/mol. The Morgan fingerprint density at radius 2 is 2.09 bits per heavy atom. The summed E-state index contributed by atoms with van der Waals surface area (Å²) in [4.78, 5) is 13.7. The molecule has 1 rings (SSSR count). The second-order valence-electron chi connectivity index (χ2n) is 4.85. The van der Waals surface area contributed by atoms with Crippen LogP contribution in [0, 0.1) is 13.8 Å². The van der Waals surface area contributed by atoms with Crippen LogP contribution in [0.1, 0.15) is 16.2 Å². The van der Waals surface area contributed by atoms with Crippen molar-refractivity contribution < 1.29 is 13.2 Å². The Kier molecular flexibility index (Phi) is 7.84. The number of thioether (sulfide) groups is 1. The number of thiophene rings is 1. The highest BCUT2D eigenvalue weighted by Crippen LogP contribution is 2.24. The molecule has 0 aromatic carbocycles. The van der Waals surface area contributed by atoms with Gasteiger partial charge in [0.05, 0.1) is 10.9 Å². The van der Waals surface area contributed by atoms with E-state index in [-0.39, 0.29) is 19.0 Å². The van der Waals surface area contributed by atoms with Crippen LogP contribution in [-0.4, -0.2) is 45.5 Å². The molecule has 4 N–H and O–H groups in total. The lowest BCUT2D eigenvalue weighted by Gasteiger charge is -2.12. The van der Waals surface area contributed by atoms with Crippen molar-refractivity contribution in [1.82, 2.24) is 10.0 Å². The van der Waals surface area contributed by atoms with E-state index in [0.717, 1.165) is 15.5 Å². The van der Waals surface area contributed by atoms with Gasteiger partial charge in [0, 0.05) is 22.8 Å². The van der Waals surface area contributed by atoms with Crippen LogP contribution in [0.5, 0.6) is 0 Å². The molecular formula is C13H23N3O3S3. The van der Waals surface area contributed by atoms with Crippen molar-refractivity contribution in [3.8, 4) is 0 Å². The Bertz CT molecular complexity index is 599. The highest BCUT2D eigenvalue weighted by atomic mass is 32.2. The minimum absolute atomic E-state index is 0.137. The zero-order chi connectivity index (χ0) is 16.8. The van der Waals surface area contributed by atoms with Crippen molar-refractivity contribution in [2.24, 2.45) is 5.73 Å². The number of hydrogen-bond donors (Lipinski definition) is 3. The maximum atomic E-state index is 12.1. The smallest absolute Gasteiger partial charge is 0.241 e. The second kappa shape index (κ2) is 8.88. The van der Waals surface area contributed by atoms with E-state index in [9.17, 15) is 13.2 Å². The molecule has 0 spiro atoms. The number of carbonyl (C=O) groups is 1. The molecule has 0 fully saturated rings. The summed E-state index contributed by atoms with van der Waals surface area (Å²) in [6.07, 6.45) is 2.56. The minimum atomic E-state index is -3.53. The summed E-state index contributed by atoms with van der Waals surface area (Å²) in [5, 5.41) is 2.64. The van der Waals surface area contributed by atoms with Crippen LogP contribution in [-0.2, 0) is 14.8 Å². The van der Waals surface area contributed by atoms with Crippen molar-refractivity contribution >= 4 is 39.0 Å². The summed E-state index contributed by atoms with van der Waals surface area (Å²) in [7, 11) is -3.53. The predicted octanol–water partition coefficient (Wildman–Crippen LogP) is 0.840. The fourth-order valence-corrected chi connectivity index (χ4v) is 4.90. The third-order valence-corrected chi connectivity index (χ3v) is 6.30. The SMILES string of the molecule is CSCCC(N)C(=O)NCCNS(=O)(=O)c1cc(C)sc1C.